The second-order valence-corrected chi connectivity index (χ2v) is 31.0. The van der Waals surface area contributed by atoms with E-state index >= 15 is 0 Å². The van der Waals surface area contributed by atoms with Crippen LogP contribution in [0.2, 0.25) is 17.3 Å². The molecule has 0 aliphatic carbocycles. The smallest absolute Gasteiger partial charge is 0 e. The molecule has 69 heavy (non-hydrogen) atoms. The number of hydrogen-bond acceptors (Lipinski definition) is 3. The van der Waals surface area contributed by atoms with Gasteiger partial charge >= 0.3 is 145 Å². The van der Waals surface area contributed by atoms with Crippen LogP contribution in [-0.4, -0.2) is 27.8 Å². The normalized spacial score (nSPS) is 13.4. The van der Waals surface area contributed by atoms with Gasteiger partial charge in [-0.3, -0.25) is 4.98 Å². The van der Waals surface area contributed by atoms with Crippen molar-refractivity contribution in [3.63, 3.8) is 0 Å². The van der Waals surface area contributed by atoms with E-state index in [1.807, 2.05) is 39.1 Å². The van der Waals surface area contributed by atoms with Crippen molar-refractivity contribution in [2.75, 3.05) is 0 Å². The number of fused-ring (bicyclic) bond motifs is 4. The molecule has 0 aliphatic rings. The predicted octanol–water partition coefficient (Wildman–Crippen LogP) is 17.0. The molecule has 0 amide bonds. The predicted molar refractivity (Wildman–Crippen MR) is 291 cm³/mol. The van der Waals surface area contributed by atoms with Gasteiger partial charge in [-0.2, -0.15) is 0 Å². The van der Waals surface area contributed by atoms with E-state index in [-0.39, 0.29) is 25.7 Å². The molecule has 10 rings (SSSR count). The van der Waals surface area contributed by atoms with Gasteiger partial charge in [-0.15, -0.1) is 18.2 Å². The van der Waals surface area contributed by atoms with E-state index in [4.69, 9.17) is 16.3 Å². The number of nitrogens with zero attached hydrogens (tertiary/aromatic N) is 3. The molecule has 0 saturated heterocycles. The number of aromatic nitrogens is 3. The average Bonchev–Trinajstić information content (AvgIpc) is 3.94. The van der Waals surface area contributed by atoms with Crippen LogP contribution in [0.4, 0.5) is 0 Å². The fourth-order valence-corrected chi connectivity index (χ4v) is 12.1. The Bertz CT molecular complexity index is 3590. The monoisotopic (exact) mass is 1150 g/mol. The molecular weight excluding hydrogens is 1080 g/mol. The third-order valence-electron chi connectivity index (χ3n) is 12.4. The van der Waals surface area contributed by atoms with Gasteiger partial charge in [-0.1, -0.05) is 130 Å². The minimum atomic E-state index is -2.36. The summed E-state index contributed by atoms with van der Waals surface area (Å²) in [5, 5.41) is 2.14. The number of hydrogen-bond donors (Lipinski definition) is 0. The van der Waals surface area contributed by atoms with Gasteiger partial charge in [0.1, 0.15) is 5.58 Å². The number of furan rings is 1. The van der Waals surface area contributed by atoms with Gasteiger partial charge in [0.15, 0.2) is 0 Å². The van der Waals surface area contributed by atoms with Crippen LogP contribution in [0.5, 0.6) is 0 Å². The Balaban J connectivity index is 0.000000224. The van der Waals surface area contributed by atoms with Crippen LogP contribution in [0.1, 0.15) is 89.4 Å². The van der Waals surface area contributed by atoms with Crippen molar-refractivity contribution in [1.82, 2.24) is 14.5 Å². The maximum Gasteiger partial charge on any atom is 0 e. The molecule has 0 bridgehead atoms. The van der Waals surface area contributed by atoms with E-state index in [9.17, 15) is 0 Å². The van der Waals surface area contributed by atoms with Crippen molar-refractivity contribution in [2.24, 2.45) is 5.41 Å². The molecular formula is C63H63GeIrN3O-2. The summed E-state index contributed by atoms with van der Waals surface area (Å²) in [5.41, 5.74) is 14.8. The SMILES string of the molecule is CC(C)c1cccc(C(C)C)c1-n1c(-c2[c-]ccc3c2oc2ccc(-c4ccccc4-c4ccccc4)cc23)nc2ccccc21.[2H]C([2H])([2H])c1c[c-]c(-c2cc(C([2H])([2H])C(C)(C)C)[c]([Ge]([CH3])([CH3])[CH3])cn2)cc1.[Ir]. The molecule has 3 heterocycles. The molecule has 3 aromatic heterocycles. The van der Waals surface area contributed by atoms with E-state index < -0.39 is 31.9 Å². The summed E-state index contributed by atoms with van der Waals surface area (Å²) in [5.74, 6) is 8.22. The summed E-state index contributed by atoms with van der Waals surface area (Å²) < 4.78 is 50.2. The zero-order chi connectivity index (χ0) is 52.2. The number of imidazole rings is 1. The topological polar surface area (TPSA) is 43.9 Å². The van der Waals surface area contributed by atoms with Crippen molar-refractivity contribution in [1.29, 1.82) is 0 Å². The number of para-hydroxylation sites is 3. The Morgan fingerprint density at radius 2 is 1.41 bits per heavy atom. The minimum Gasteiger partial charge on any atom is 0 e. The van der Waals surface area contributed by atoms with Crippen molar-refractivity contribution < 1.29 is 31.4 Å². The summed E-state index contributed by atoms with van der Waals surface area (Å²) in [4.78, 5) is 9.83. The first-order valence-corrected chi connectivity index (χ1v) is 31.1. The summed E-state index contributed by atoms with van der Waals surface area (Å²) in [6.45, 7) is 12.6. The molecule has 0 fully saturated rings. The van der Waals surface area contributed by atoms with E-state index in [2.05, 4.69) is 188 Å². The Morgan fingerprint density at radius 3 is 2.06 bits per heavy atom. The van der Waals surface area contributed by atoms with Gasteiger partial charge in [0.05, 0.1) is 22.4 Å². The first-order chi connectivity index (χ1) is 34.5. The Kier molecular flexibility index (Phi) is 12.7. The minimum absolute atomic E-state index is 0. The molecule has 0 saturated carbocycles. The second kappa shape index (κ2) is 20.2. The summed E-state index contributed by atoms with van der Waals surface area (Å²) in [6.07, 6.45) is 0.303. The Hall–Kier alpha value is -5.85. The van der Waals surface area contributed by atoms with Crippen molar-refractivity contribution in [2.45, 2.75) is 90.8 Å². The van der Waals surface area contributed by atoms with Gasteiger partial charge in [0.25, 0.3) is 0 Å². The van der Waals surface area contributed by atoms with Crippen molar-refractivity contribution >= 4 is 50.6 Å². The van der Waals surface area contributed by atoms with Crippen LogP contribution in [0.25, 0.3) is 83.6 Å². The number of pyridine rings is 1. The van der Waals surface area contributed by atoms with Crippen LogP contribution >= 0.6 is 0 Å². The molecule has 7 aromatic carbocycles. The first kappa shape index (κ1) is 43.2. The molecule has 0 aliphatic heterocycles. The summed E-state index contributed by atoms with van der Waals surface area (Å²) >= 11 is -2.36. The summed E-state index contributed by atoms with van der Waals surface area (Å²) in [7, 11) is 0. The fourth-order valence-electron chi connectivity index (χ4n) is 9.16. The first-order valence-electron chi connectivity index (χ1n) is 26.2. The van der Waals surface area contributed by atoms with Crippen LogP contribution in [0, 0.1) is 24.4 Å². The molecule has 0 atom stereocenters. The standard InChI is InChI=1S/C43H35N2O.C20H28GeN.Ir/c1-27(2)31-18-12-19-32(28(3)4)41(31)45-39-23-11-10-22-38(39)44-43(45)36-21-13-20-35-37-26-30(24-25-40(37)46-42(35)36)34-17-9-8-16-33(34)29-14-6-5-7-15-29;1-15-8-10-16(11-9-15)19-12-17(13-20(2,3)4)18(14-22-19)21(5,6)7;/h5-20,22-28H,1-4H3;8-10,12,14H,13H2,1-7H3;/q2*-1;/i;1D3,13D2;. The molecule has 6 heteroatoms. The average molecular weight is 1150 g/mol. The number of rotatable bonds is 9. The van der Waals surface area contributed by atoms with E-state index in [0.717, 1.165) is 54.3 Å². The fraction of sp³-hybridized carbons (Fsp3) is 0.238. The Morgan fingerprint density at radius 1 is 0.725 bits per heavy atom. The molecule has 351 valence electrons. The molecule has 0 N–H and O–H groups in total. The van der Waals surface area contributed by atoms with E-state index in [0.29, 0.717) is 28.7 Å². The third kappa shape index (κ3) is 10.4. The van der Waals surface area contributed by atoms with Crippen LogP contribution in [0.3, 0.4) is 0 Å². The maximum atomic E-state index is 8.80. The van der Waals surface area contributed by atoms with Gasteiger partial charge in [-0.25, -0.2) is 0 Å². The molecule has 0 unspecified atom stereocenters. The number of benzene rings is 7. The van der Waals surface area contributed by atoms with E-state index in [1.54, 1.807) is 12.1 Å². The largest absolute Gasteiger partial charge is 0 e. The van der Waals surface area contributed by atoms with Crippen molar-refractivity contribution in [3.05, 3.63) is 192 Å². The van der Waals surface area contributed by atoms with Crippen molar-refractivity contribution in [3.8, 4) is 50.6 Å². The number of aryl methyl sites for hydroxylation is 1. The van der Waals surface area contributed by atoms with Gasteiger partial charge in [0, 0.05) is 31.2 Å². The quantitative estimate of drug-likeness (QED) is 0.107. The zero-order valence-electron chi connectivity index (χ0n) is 46.2. The third-order valence-corrected chi connectivity index (χ3v) is 16.6. The van der Waals surface area contributed by atoms with Crippen LogP contribution < -0.4 is 4.40 Å². The molecule has 4 nitrogen and oxygen atoms in total. The van der Waals surface area contributed by atoms with Gasteiger partial charge < -0.3 is 8.98 Å². The molecule has 1 radical (unpaired) electrons. The van der Waals surface area contributed by atoms with Gasteiger partial charge in [0.2, 0.25) is 0 Å². The van der Waals surface area contributed by atoms with Gasteiger partial charge in [-0.05, 0) is 69.5 Å². The molecule has 10 aromatic rings. The Labute approximate surface area is 433 Å². The second-order valence-electron chi connectivity index (χ2n) is 20.4. The zero-order valence-corrected chi connectivity index (χ0v) is 45.7. The summed E-state index contributed by atoms with van der Waals surface area (Å²) in [6, 6.07) is 58.1. The van der Waals surface area contributed by atoms with E-state index in [1.165, 1.54) is 39.6 Å². The van der Waals surface area contributed by atoms with Crippen LogP contribution in [0.15, 0.2) is 162 Å². The van der Waals surface area contributed by atoms with Crippen LogP contribution in [-0.2, 0) is 26.5 Å². The maximum absolute atomic E-state index is 8.80. The molecule has 0 spiro atoms.